The third kappa shape index (κ3) is 2.33. The lowest BCUT2D eigenvalue weighted by Crippen LogP contribution is -2.49. The van der Waals surface area contributed by atoms with Crippen molar-refractivity contribution in [2.24, 2.45) is 0 Å². The average molecular weight is 302 g/mol. The van der Waals surface area contributed by atoms with Crippen LogP contribution in [0.15, 0.2) is 24.3 Å². The van der Waals surface area contributed by atoms with Crippen LogP contribution in [0.2, 0.25) is 0 Å². The Kier molecular flexibility index (Phi) is 3.18. The number of anilines is 1. The smallest absolute Gasteiger partial charge is 0.317 e. The normalized spacial score (nSPS) is 22.9. The number of piperidine rings is 1. The van der Waals surface area contributed by atoms with E-state index in [0.717, 1.165) is 49.7 Å². The topological polar surface area (TPSA) is 48.5 Å². The number of fused-ring (bicyclic) bond motifs is 1. The molecule has 0 saturated carbocycles. The van der Waals surface area contributed by atoms with Crippen molar-refractivity contribution in [1.82, 2.24) is 15.2 Å². The average Bonchev–Trinajstić information content (AvgIpc) is 3.13. The zero-order valence-electron chi connectivity index (χ0n) is 11.8. The fraction of sp³-hybridized carbons (Fsp3) is 0.467. The summed E-state index contributed by atoms with van der Waals surface area (Å²) in [6.45, 7) is 3.53. The summed E-state index contributed by atoms with van der Waals surface area (Å²) in [4.78, 5) is 20.9. The predicted octanol–water partition coefficient (Wildman–Crippen LogP) is 2.29. The lowest BCUT2D eigenvalue weighted by Gasteiger charge is -2.36. The highest BCUT2D eigenvalue weighted by molar-refractivity contribution is 7.22. The van der Waals surface area contributed by atoms with Gasteiger partial charge in [0.1, 0.15) is 0 Å². The number of benzene rings is 1. The molecular weight excluding hydrogens is 284 g/mol. The zero-order chi connectivity index (χ0) is 14.2. The number of urea groups is 1. The van der Waals surface area contributed by atoms with Gasteiger partial charge in [-0.2, -0.15) is 0 Å². The Balaban J connectivity index is 1.56. The Bertz CT molecular complexity index is 637. The molecule has 2 aromatic rings. The lowest BCUT2D eigenvalue weighted by molar-refractivity contribution is 0.189. The van der Waals surface area contributed by atoms with Gasteiger partial charge in [0.25, 0.3) is 0 Å². The van der Waals surface area contributed by atoms with E-state index in [0.29, 0.717) is 6.04 Å². The number of thiazole rings is 1. The molecule has 0 unspecified atom stereocenters. The van der Waals surface area contributed by atoms with E-state index < -0.39 is 0 Å². The fourth-order valence-corrected chi connectivity index (χ4v) is 4.21. The van der Waals surface area contributed by atoms with Gasteiger partial charge >= 0.3 is 6.03 Å². The van der Waals surface area contributed by atoms with E-state index in [9.17, 15) is 4.79 Å². The van der Waals surface area contributed by atoms with Crippen LogP contribution < -0.4 is 10.2 Å². The van der Waals surface area contributed by atoms with Crippen LogP contribution in [-0.2, 0) is 0 Å². The largest absolute Gasteiger partial charge is 0.346 e. The third-order valence-electron chi connectivity index (χ3n) is 4.28. The molecule has 3 heterocycles. The van der Waals surface area contributed by atoms with Gasteiger partial charge in [-0.1, -0.05) is 23.5 Å². The number of para-hydroxylation sites is 1. The summed E-state index contributed by atoms with van der Waals surface area (Å²) in [5.74, 6) is 0. The monoisotopic (exact) mass is 302 g/mol. The Labute approximate surface area is 127 Å². The van der Waals surface area contributed by atoms with Gasteiger partial charge in [-0.25, -0.2) is 9.78 Å². The molecular formula is C15H18N4OS. The van der Waals surface area contributed by atoms with Crippen LogP contribution in [0.4, 0.5) is 9.93 Å². The standard InChI is InChI=1S/C15H18N4OS/c20-14-16-7-9-19(14)11-4-3-8-18(10-11)15-17-12-5-1-2-6-13(12)21-15/h1-2,5-6,11H,3-4,7-10H2,(H,16,20)/t11-/m0/s1. The van der Waals surface area contributed by atoms with Crippen molar-refractivity contribution in [2.45, 2.75) is 18.9 Å². The molecule has 2 amide bonds. The van der Waals surface area contributed by atoms with Crippen LogP contribution in [0.25, 0.3) is 10.2 Å². The van der Waals surface area contributed by atoms with Crippen molar-refractivity contribution < 1.29 is 4.79 Å². The van der Waals surface area contributed by atoms with Crippen molar-refractivity contribution >= 4 is 32.7 Å². The molecule has 5 nitrogen and oxygen atoms in total. The van der Waals surface area contributed by atoms with Gasteiger partial charge < -0.3 is 15.1 Å². The summed E-state index contributed by atoms with van der Waals surface area (Å²) in [5.41, 5.74) is 1.07. The van der Waals surface area contributed by atoms with Crippen LogP contribution in [0, 0.1) is 0 Å². The predicted molar refractivity (Wildman–Crippen MR) is 85.0 cm³/mol. The SMILES string of the molecule is O=C1NCCN1[C@H]1CCCN(c2nc3ccccc3s2)C1. The summed E-state index contributed by atoms with van der Waals surface area (Å²) in [7, 11) is 0. The molecule has 1 aromatic heterocycles. The second kappa shape index (κ2) is 5.18. The number of nitrogens with zero attached hydrogens (tertiary/aromatic N) is 3. The first-order valence-corrected chi connectivity index (χ1v) is 8.28. The van der Waals surface area contributed by atoms with Crippen LogP contribution in [0.3, 0.4) is 0 Å². The molecule has 21 heavy (non-hydrogen) atoms. The maximum Gasteiger partial charge on any atom is 0.317 e. The molecule has 6 heteroatoms. The van der Waals surface area contributed by atoms with E-state index in [1.807, 2.05) is 11.0 Å². The summed E-state index contributed by atoms with van der Waals surface area (Å²) in [6, 6.07) is 8.66. The second-order valence-corrected chi connectivity index (χ2v) is 6.64. The highest BCUT2D eigenvalue weighted by atomic mass is 32.1. The van der Waals surface area contributed by atoms with Crippen LogP contribution in [0.1, 0.15) is 12.8 Å². The van der Waals surface area contributed by atoms with Crippen LogP contribution in [0.5, 0.6) is 0 Å². The van der Waals surface area contributed by atoms with Crippen LogP contribution in [-0.4, -0.2) is 48.1 Å². The zero-order valence-corrected chi connectivity index (χ0v) is 12.6. The van der Waals surface area contributed by atoms with Gasteiger partial charge in [0.05, 0.1) is 16.3 Å². The minimum Gasteiger partial charge on any atom is -0.346 e. The molecule has 0 aliphatic carbocycles. The van der Waals surface area contributed by atoms with Crippen molar-refractivity contribution in [3.8, 4) is 0 Å². The highest BCUT2D eigenvalue weighted by Gasteiger charge is 2.32. The number of rotatable bonds is 2. The van der Waals surface area contributed by atoms with E-state index in [1.165, 1.54) is 4.70 Å². The van der Waals surface area contributed by atoms with Crippen LogP contribution >= 0.6 is 11.3 Å². The molecule has 2 saturated heterocycles. The molecule has 2 fully saturated rings. The van der Waals surface area contributed by atoms with Gasteiger partial charge in [-0.3, -0.25) is 0 Å². The number of hydrogen-bond acceptors (Lipinski definition) is 4. The molecule has 4 rings (SSSR count). The van der Waals surface area contributed by atoms with Gasteiger partial charge in [0.15, 0.2) is 5.13 Å². The minimum atomic E-state index is 0.0890. The van der Waals surface area contributed by atoms with E-state index in [1.54, 1.807) is 11.3 Å². The van der Waals surface area contributed by atoms with Gasteiger partial charge in [-0.15, -0.1) is 0 Å². The quantitative estimate of drug-likeness (QED) is 0.926. The molecule has 2 aliphatic rings. The van der Waals surface area contributed by atoms with Crippen molar-refractivity contribution in [3.63, 3.8) is 0 Å². The number of aromatic nitrogens is 1. The molecule has 1 N–H and O–H groups in total. The first-order chi connectivity index (χ1) is 10.3. The Morgan fingerprint density at radius 1 is 1.29 bits per heavy atom. The van der Waals surface area contributed by atoms with Gasteiger partial charge in [0.2, 0.25) is 0 Å². The first-order valence-electron chi connectivity index (χ1n) is 7.46. The second-order valence-electron chi connectivity index (χ2n) is 5.63. The number of carbonyl (C=O) groups excluding carboxylic acids is 1. The Hall–Kier alpha value is -1.82. The number of hydrogen-bond donors (Lipinski definition) is 1. The summed E-state index contributed by atoms with van der Waals surface area (Å²) in [5, 5.41) is 3.98. The van der Waals surface area contributed by atoms with Crippen molar-refractivity contribution in [1.29, 1.82) is 0 Å². The highest BCUT2D eigenvalue weighted by Crippen LogP contribution is 2.31. The Morgan fingerprint density at radius 2 is 2.19 bits per heavy atom. The molecule has 0 radical (unpaired) electrons. The molecule has 2 aliphatic heterocycles. The maximum absolute atomic E-state index is 11.8. The van der Waals surface area contributed by atoms with Crippen molar-refractivity contribution in [2.75, 3.05) is 31.1 Å². The van der Waals surface area contributed by atoms with Crippen molar-refractivity contribution in [3.05, 3.63) is 24.3 Å². The van der Waals surface area contributed by atoms with Gasteiger partial charge in [-0.05, 0) is 25.0 Å². The number of nitrogens with one attached hydrogen (secondary N) is 1. The molecule has 1 atom stereocenters. The van der Waals surface area contributed by atoms with Gasteiger partial charge in [0, 0.05) is 26.2 Å². The Morgan fingerprint density at radius 3 is 3.00 bits per heavy atom. The molecule has 110 valence electrons. The summed E-state index contributed by atoms with van der Waals surface area (Å²) in [6.07, 6.45) is 2.21. The summed E-state index contributed by atoms with van der Waals surface area (Å²) >= 11 is 1.74. The number of amides is 2. The minimum absolute atomic E-state index is 0.0890. The molecule has 1 aromatic carbocycles. The first kappa shape index (κ1) is 12.9. The maximum atomic E-state index is 11.8. The van der Waals surface area contributed by atoms with E-state index in [-0.39, 0.29) is 6.03 Å². The summed E-state index contributed by atoms with van der Waals surface area (Å²) < 4.78 is 1.23. The third-order valence-corrected chi connectivity index (χ3v) is 5.38. The number of carbonyl (C=O) groups is 1. The lowest BCUT2D eigenvalue weighted by atomic mass is 10.1. The van der Waals surface area contributed by atoms with E-state index in [2.05, 4.69) is 28.4 Å². The molecule has 0 bridgehead atoms. The van der Waals surface area contributed by atoms with E-state index in [4.69, 9.17) is 4.98 Å². The van der Waals surface area contributed by atoms with E-state index >= 15 is 0 Å². The fourth-order valence-electron chi connectivity index (χ4n) is 3.21. The molecule has 0 spiro atoms.